The van der Waals surface area contributed by atoms with Crippen molar-refractivity contribution in [1.82, 2.24) is 5.43 Å². The summed E-state index contributed by atoms with van der Waals surface area (Å²) >= 11 is 0. The minimum absolute atomic E-state index is 0.0977. The lowest BCUT2D eigenvalue weighted by Gasteiger charge is -2.24. The fourth-order valence-electron chi connectivity index (χ4n) is 2.38. The molecule has 0 saturated carbocycles. The molecular weight excluding hydrogens is 228 g/mol. The molecule has 0 aliphatic carbocycles. The molecule has 100 valence electrons. The Morgan fingerprint density at radius 2 is 2.33 bits per heavy atom. The van der Waals surface area contributed by atoms with E-state index in [0.717, 1.165) is 44.0 Å². The molecule has 3 N–H and O–H groups in total. The molecule has 18 heavy (non-hydrogen) atoms. The zero-order valence-electron chi connectivity index (χ0n) is 10.9. The molecule has 0 radical (unpaired) electrons. The Morgan fingerprint density at radius 1 is 1.50 bits per heavy atom. The van der Waals surface area contributed by atoms with Gasteiger partial charge in [0, 0.05) is 18.1 Å². The summed E-state index contributed by atoms with van der Waals surface area (Å²) in [6, 6.07) is 8.20. The largest absolute Gasteiger partial charge is 0.493 e. The Balaban J connectivity index is 2.17. The molecule has 1 saturated heterocycles. The molecule has 0 bridgehead atoms. The second-order valence-corrected chi connectivity index (χ2v) is 4.65. The first-order chi connectivity index (χ1) is 8.86. The number of benzene rings is 1. The third kappa shape index (κ3) is 3.02. The average Bonchev–Trinajstić information content (AvgIpc) is 2.92. The van der Waals surface area contributed by atoms with Gasteiger partial charge in [0.05, 0.1) is 19.3 Å². The first kappa shape index (κ1) is 13.3. The van der Waals surface area contributed by atoms with Gasteiger partial charge in [-0.25, -0.2) is 0 Å². The summed E-state index contributed by atoms with van der Waals surface area (Å²) in [6.45, 7) is 4.42. The van der Waals surface area contributed by atoms with Gasteiger partial charge < -0.3 is 9.47 Å². The number of rotatable bonds is 6. The molecule has 2 unspecified atom stereocenters. The fourth-order valence-corrected chi connectivity index (χ4v) is 2.38. The van der Waals surface area contributed by atoms with Gasteiger partial charge >= 0.3 is 0 Å². The zero-order valence-corrected chi connectivity index (χ0v) is 10.9. The molecule has 1 aromatic rings. The maximum absolute atomic E-state index is 5.79. The van der Waals surface area contributed by atoms with Gasteiger partial charge in [0.2, 0.25) is 0 Å². The summed E-state index contributed by atoms with van der Waals surface area (Å²) in [4.78, 5) is 0. The van der Waals surface area contributed by atoms with Crippen LogP contribution < -0.4 is 16.0 Å². The molecule has 0 amide bonds. The van der Waals surface area contributed by atoms with Crippen LogP contribution in [0.1, 0.15) is 31.4 Å². The Labute approximate surface area is 108 Å². The molecule has 2 atom stereocenters. The standard InChI is InChI=1S/C14H22N2O2/c1-2-8-18-13-6-4-3-5-12(13)14(16-15)11-7-9-17-10-11/h3-6,11,14,16H,2,7-10,15H2,1H3. The number of ether oxygens (including phenoxy) is 2. The summed E-state index contributed by atoms with van der Waals surface area (Å²) in [5.74, 6) is 7.06. The first-order valence-electron chi connectivity index (χ1n) is 6.62. The van der Waals surface area contributed by atoms with Crippen LogP contribution in [-0.4, -0.2) is 19.8 Å². The van der Waals surface area contributed by atoms with Gasteiger partial charge in [-0.15, -0.1) is 0 Å². The van der Waals surface area contributed by atoms with Gasteiger partial charge in [-0.3, -0.25) is 11.3 Å². The lowest BCUT2D eigenvalue weighted by atomic mass is 9.92. The molecule has 1 aliphatic heterocycles. The van der Waals surface area contributed by atoms with E-state index in [1.165, 1.54) is 0 Å². The Bertz CT molecular complexity index is 365. The highest BCUT2D eigenvalue weighted by Gasteiger charge is 2.28. The number of nitrogens with one attached hydrogen (secondary N) is 1. The van der Waals surface area contributed by atoms with Crippen LogP contribution in [0.5, 0.6) is 5.75 Å². The van der Waals surface area contributed by atoms with Crippen molar-refractivity contribution < 1.29 is 9.47 Å². The molecule has 0 aromatic heterocycles. The molecule has 1 aromatic carbocycles. The molecular formula is C14H22N2O2. The van der Waals surface area contributed by atoms with Gasteiger partial charge in [0.15, 0.2) is 0 Å². The smallest absolute Gasteiger partial charge is 0.124 e. The molecule has 4 heteroatoms. The Kier molecular flexibility index (Phi) is 4.99. The Hall–Kier alpha value is -1.10. The molecule has 1 aliphatic rings. The van der Waals surface area contributed by atoms with Crippen molar-refractivity contribution in [3.63, 3.8) is 0 Å². The maximum atomic E-state index is 5.79. The molecule has 0 spiro atoms. The number of hydrogen-bond donors (Lipinski definition) is 2. The van der Waals surface area contributed by atoms with Crippen LogP contribution in [0.25, 0.3) is 0 Å². The van der Waals surface area contributed by atoms with Crippen LogP contribution in [0.3, 0.4) is 0 Å². The van der Waals surface area contributed by atoms with Crippen LogP contribution in [0.4, 0.5) is 0 Å². The monoisotopic (exact) mass is 250 g/mol. The minimum atomic E-state index is 0.0977. The van der Waals surface area contributed by atoms with Gasteiger partial charge in [-0.2, -0.15) is 0 Å². The highest BCUT2D eigenvalue weighted by Crippen LogP contribution is 2.33. The fraction of sp³-hybridized carbons (Fsp3) is 0.571. The van der Waals surface area contributed by atoms with Crippen molar-refractivity contribution in [2.45, 2.75) is 25.8 Å². The molecule has 1 heterocycles. The third-order valence-corrected chi connectivity index (χ3v) is 3.33. The van der Waals surface area contributed by atoms with Crippen LogP contribution in [0.2, 0.25) is 0 Å². The highest BCUT2D eigenvalue weighted by atomic mass is 16.5. The van der Waals surface area contributed by atoms with Crippen molar-refractivity contribution in [2.24, 2.45) is 11.8 Å². The van der Waals surface area contributed by atoms with Gasteiger partial charge in [0.1, 0.15) is 5.75 Å². The number of nitrogens with two attached hydrogens (primary N) is 1. The molecule has 4 nitrogen and oxygen atoms in total. The quantitative estimate of drug-likeness (QED) is 0.599. The minimum Gasteiger partial charge on any atom is -0.493 e. The number of hydrazine groups is 1. The maximum Gasteiger partial charge on any atom is 0.124 e. The van der Waals surface area contributed by atoms with E-state index in [4.69, 9.17) is 15.3 Å². The van der Waals surface area contributed by atoms with Crippen molar-refractivity contribution in [1.29, 1.82) is 0 Å². The predicted octanol–water partition coefficient (Wildman–Crippen LogP) is 2.02. The summed E-state index contributed by atoms with van der Waals surface area (Å²) in [5.41, 5.74) is 4.05. The van der Waals surface area contributed by atoms with E-state index < -0.39 is 0 Å². The van der Waals surface area contributed by atoms with E-state index in [2.05, 4.69) is 18.4 Å². The second-order valence-electron chi connectivity index (χ2n) is 4.65. The van der Waals surface area contributed by atoms with E-state index in [1.807, 2.05) is 18.2 Å². The average molecular weight is 250 g/mol. The number of hydrogen-bond acceptors (Lipinski definition) is 4. The summed E-state index contributed by atoms with van der Waals surface area (Å²) in [7, 11) is 0. The van der Waals surface area contributed by atoms with E-state index in [-0.39, 0.29) is 6.04 Å². The van der Waals surface area contributed by atoms with E-state index in [9.17, 15) is 0 Å². The second kappa shape index (κ2) is 6.73. The van der Waals surface area contributed by atoms with Crippen molar-refractivity contribution >= 4 is 0 Å². The SMILES string of the molecule is CCCOc1ccccc1C(NN)C1CCOC1. The zero-order chi connectivity index (χ0) is 12.8. The van der Waals surface area contributed by atoms with Crippen LogP contribution >= 0.6 is 0 Å². The van der Waals surface area contributed by atoms with E-state index >= 15 is 0 Å². The predicted molar refractivity (Wildman–Crippen MR) is 71.2 cm³/mol. The van der Waals surface area contributed by atoms with Crippen LogP contribution in [0, 0.1) is 5.92 Å². The first-order valence-corrected chi connectivity index (χ1v) is 6.62. The topological polar surface area (TPSA) is 56.5 Å². The summed E-state index contributed by atoms with van der Waals surface area (Å²) < 4.78 is 11.2. The molecule has 2 rings (SSSR count). The van der Waals surface area contributed by atoms with E-state index in [0.29, 0.717) is 5.92 Å². The lowest BCUT2D eigenvalue weighted by Crippen LogP contribution is -2.34. The van der Waals surface area contributed by atoms with Gasteiger partial charge in [0.25, 0.3) is 0 Å². The van der Waals surface area contributed by atoms with Crippen LogP contribution in [0.15, 0.2) is 24.3 Å². The normalized spacial score (nSPS) is 20.9. The van der Waals surface area contributed by atoms with Gasteiger partial charge in [-0.1, -0.05) is 25.1 Å². The summed E-state index contributed by atoms with van der Waals surface area (Å²) in [5, 5.41) is 0. The summed E-state index contributed by atoms with van der Waals surface area (Å²) in [6.07, 6.45) is 2.04. The van der Waals surface area contributed by atoms with Gasteiger partial charge in [-0.05, 0) is 18.9 Å². The van der Waals surface area contributed by atoms with Crippen molar-refractivity contribution in [3.8, 4) is 5.75 Å². The van der Waals surface area contributed by atoms with Crippen LogP contribution in [-0.2, 0) is 4.74 Å². The third-order valence-electron chi connectivity index (χ3n) is 3.33. The van der Waals surface area contributed by atoms with Crippen molar-refractivity contribution in [2.75, 3.05) is 19.8 Å². The highest BCUT2D eigenvalue weighted by molar-refractivity contribution is 5.36. The van der Waals surface area contributed by atoms with E-state index in [1.54, 1.807) is 0 Å². The number of para-hydroxylation sites is 1. The van der Waals surface area contributed by atoms with Crippen molar-refractivity contribution in [3.05, 3.63) is 29.8 Å². The molecule has 1 fully saturated rings. The lowest BCUT2D eigenvalue weighted by molar-refractivity contribution is 0.176. The Morgan fingerprint density at radius 3 is 3.00 bits per heavy atom.